The number of benzene rings is 1. The maximum atomic E-state index is 13.3. The van der Waals surface area contributed by atoms with Gasteiger partial charge < -0.3 is 0 Å². The summed E-state index contributed by atoms with van der Waals surface area (Å²) in [6.07, 6.45) is 4.14. The molecule has 0 atom stereocenters. The number of hydrogen-bond acceptors (Lipinski definition) is 3. The second kappa shape index (κ2) is 6.28. The molecule has 0 aliphatic heterocycles. The van der Waals surface area contributed by atoms with Crippen molar-refractivity contribution in [1.82, 2.24) is 4.72 Å². The van der Waals surface area contributed by atoms with Crippen molar-refractivity contribution in [3.05, 3.63) is 41.7 Å². The summed E-state index contributed by atoms with van der Waals surface area (Å²) in [5.41, 5.74) is -0.462. The summed E-state index contributed by atoms with van der Waals surface area (Å²) >= 11 is 0. The van der Waals surface area contributed by atoms with Gasteiger partial charge in [-0.1, -0.05) is 18.2 Å². The minimum atomic E-state index is -3.85. The minimum absolute atomic E-state index is 0.202. The molecule has 0 bridgehead atoms. The molecule has 0 radical (unpaired) electrons. The lowest BCUT2D eigenvalue weighted by Crippen LogP contribution is -2.25. The molecule has 4 nitrogen and oxygen atoms in total. The lowest BCUT2D eigenvalue weighted by Gasteiger charge is -2.07. The van der Waals surface area contributed by atoms with Crippen molar-refractivity contribution in [2.75, 3.05) is 6.54 Å². The lowest BCUT2D eigenvalue weighted by molar-refractivity contribution is 0.577. The van der Waals surface area contributed by atoms with E-state index in [0.717, 1.165) is 6.07 Å². The van der Waals surface area contributed by atoms with Gasteiger partial charge in [-0.2, -0.15) is 5.26 Å². The number of nitriles is 1. The number of hydrogen-bond donors (Lipinski definition) is 1. The average molecular weight is 268 g/mol. The van der Waals surface area contributed by atoms with Crippen LogP contribution in [0.5, 0.6) is 0 Å². The van der Waals surface area contributed by atoms with Crippen LogP contribution >= 0.6 is 0 Å². The molecule has 0 amide bonds. The zero-order valence-corrected chi connectivity index (χ0v) is 10.7. The maximum Gasteiger partial charge on any atom is 0.242 e. The maximum absolute atomic E-state index is 13.3. The molecular weight excluding hydrogens is 255 g/mol. The second-order valence-electron chi connectivity index (χ2n) is 3.48. The molecule has 0 aliphatic carbocycles. The van der Waals surface area contributed by atoms with Gasteiger partial charge >= 0.3 is 0 Å². The Balaban J connectivity index is 2.99. The fourth-order valence-electron chi connectivity index (χ4n) is 1.36. The third-order valence-corrected chi connectivity index (χ3v) is 3.72. The van der Waals surface area contributed by atoms with Gasteiger partial charge in [0.2, 0.25) is 10.0 Å². The zero-order chi connectivity index (χ0) is 13.6. The molecule has 18 heavy (non-hydrogen) atoms. The van der Waals surface area contributed by atoms with Crippen LogP contribution in [0, 0.1) is 17.1 Å². The molecule has 0 spiro atoms. The Labute approximate surface area is 106 Å². The highest BCUT2D eigenvalue weighted by atomic mass is 32.2. The van der Waals surface area contributed by atoms with Gasteiger partial charge in [-0.3, -0.25) is 0 Å². The van der Waals surface area contributed by atoms with E-state index in [0.29, 0.717) is 6.42 Å². The van der Waals surface area contributed by atoms with E-state index in [1.165, 1.54) is 12.1 Å². The Bertz CT molecular complexity index is 589. The first kappa shape index (κ1) is 14.4. The molecular formula is C12H13FN2O2S. The van der Waals surface area contributed by atoms with Crippen molar-refractivity contribution < 1.29 is 12.8 Å². The first-order valence-electron chi connectivity index (χ1n) is 5.32. The predicted octanol–water partition coefficient (Wildman–Crippen LogP) is 1.94. The van der Waals surface area contributed by atoms with E-state index in [-0.39, 0.29) is 11.4 Å². The molecule has 96 valence electrons. The number of sulfonamides is 1. The second-order valence-corrected chi connectivity index (χ2v) is 5.22. The van der Waals surface area contributed by atoms with E-state index < -0.39 is 21.4 Å². The number of rotatable bonds is 5. The fourth-order valence-corrected chi connectivity index (χ4v) is 2.57. The summed E-state index contributed by atoms with van der Waals surface area (Å²) in [6, 6.07) is 5.08. The van der Waals surface area contributed by atoms with Gasteiger partial charge in [0.15, 0.2) is 0 Å². The van der Waals surface area contributed by atoms with E-state index in [9.17, 15) is 12.8 Å². The normalized spacial score (nSPS) is 11.6. The molecule has 1 rings (SSSR count). The number of allylic oxidation sites excluding steroid dienone is 1. The first-order valence-corrected chi connectivity index (χ1v) is 6.80. The molecule has 6 heteroatoms. The lowest BCUT2D eigenvalue weighted by atomic mass is 10.2. The van der Waals surface area contributed by atoms with Crippen molar-refractivity contribution in [2.24, 2.45) is 0 Å². The molecule has 0 saturated carbocycles. The topological polar surface area (TPSA) is 70.0 Å². The van der Waals surface area contributed by atoms with E-state index in [4.69, 9.17) is 5.26 Å². The monoisotopic (exact) mass is 268 g/mol. The highest BCUT2D eigenvalue weighted by Crippen LogP contribution is 2.17. The Morgan fingerprint density at radius 1 is 1.50 bits per heavy atom. The van der Waals surface area contributed by atoms with Crippen LogP contribution in [-0.2, 0) is 10.0 Å². The fraction of sp³-hybridized carbons (Fsp3) is 0.250. The Kier molecular flexibility index (Phi) is 5.01. The molecule has 0 heterocycles. The van der Waals surface area contributed by atoms with Crippen LogP contribution in [-0.4, -0.2) is 15.0 Å². The van der Waals surface area contributed by atoms with Crippen LogP contribution in [0.15, 0.2) is 35.2 Å². The molecule has 0 saturated heterocycles. The summed E-state index contributed by atoms with van der Waals surface area (Å²) in [5, 5.41) is 8.78. The average Bonchev–Trinajstić information content (AvgIpc) is 2.34. The Morgan fingerprint density at radius 3 is 2.83 bits per heavy atom. The van der Waals surface area contributed by atoms with E-state index in [1.807, 2.05) is 6.92 Å². The number of nitrogens with zero attached hydrogens (tertiary/aromatic N) is 1. The standard InChI is InChI=1S/C12H13FN2O2S/c1-2-3-4-8-15-18(16,17)12-7-5-6-11(13)10(12)9-14/h2-3,5-7,15H,4,8H2,1H3/b3-2+. The van der Waals surface area contributed by atoms with Crippen LogP contribution in [0.25, 0.3) is 0 Å². The first-order chi connectivity index (χ1) is 8.53. The predicted molar refractivity (Wildman–Crippen MR) is 65.7 cm³/mol. The number of nitrogens with one attached hydrogen (secondary N) is 1. The van der Waals surface area contributed by atoms with Crippen molar-refractivity contribution >= 4 is 10.0 Å². The van der Waals surface area contributed by atoms with Crippen molar-refractivity contribution in [2.45, 2.75) is 18.2 Å². The Morgan fingerprint density at radius 2 is 2.22 bits per heavy atom. The third kappa shape index (κ3) is 3.39. The summed E-state index contributed by atoms with van der Waals surface area (Å²) in [5.74, 6) is -0.839. The number of halogens is 1. The zero-order valence-electron chi connectivity index (χ0n) is 9.85. The Hall–Kier alpha value is -1.71. The minimum Gasteiger partial charge on any atom is -0.211 e. The van der Waals surface area contributed by atoms with Gasteiger partial charge in [0.05, 0.1) is 0 Å². The van der Waals surface area contributed by atoms with Gasteiger partial charge in [0, 0.05) is 6.54 Å². The highest BCUT2D eigenvalue weighted by Gasteiger charge is 2.20. The molecule has 0 aromatic heterocycles. The van der Waals surface area contributed by atoms with Gasteiger partial charge in [0.1, 0.15) is 22.3 Å². The van der Waals surface area contributed by atoms with Crippen LogP contribution in [0.2, 0.25) is 0 Å². The van der Waals surface area contributed by atoms with Crippen molar-refractivity contribution in [3.8, 4) is 6.07 Å². The smallest absolute Gasteiger partial charge is 0.211 e. The molecule has 0 fully saturated rings. The van der Waals surface area contributed by atoms with Crippen LogP contribution in [0.3, 0.4) is 0 Å². The van der Waals surface area contributed by atoms with Gasteiger partial charge in [-0.25, -0.2) is 17.5 Å². The summed E-state index contributed by atoms with van der Waals surface area (Å²) < 4.78 is 39.4. The van der Waals surface area contributed by atoms with Gasteiger partial charge in [-0.15, -0.1) is 0 Å². The molecule has 1 aromatic rings. The van der Waals surface area contributed by atoms with E-state index in [1.54, 1.807) is 18.2 Å². The largest absolute Gasteiger partial charge is 0.242 e. The molecule has 0 unspecified atom stereocenters. The molecule has 1 N–H and O–H groups in total. The van der Waals surface area contributed by atoms with Crippen LogP contribution < -0.4 is 4.72 Å². The summed E-state index contributed by atoms with van der Waals surface area (Å²) in [7, 11) is -3.85. The van der Waals surface area contributed by atoms with E-state index >= 15 is 0 Å². The van der Waals surface area contributed by atoms with Gasteiger partial charge in [-0.05, 0) is 25.5 Å². The van der Waals surface area contributed by atoms with Gasteiger partial charge in [0.25, 0.3) is 0 Å². The van der Waals surface area contributed by atoms with E-state index in [2.05, 4.69) is 4.72 Å². The SMILES string of the molecule is C/C=C/CCNS(=O)(=O)c1cccc(F)c1C#N. The highest BCUT2D eigenvalue weighted by molar-refractivity contribution is 7.89. The summed E-state index contributed by atoms with van der Waals surface area (Å²) in [4.78, 5) is -0.328. The van der Waals surface area contributed by atoms with Crippen LogP contribution in [0.1, 0.15) is 18.9 Å². The molecule has 1 aromatic carbocycles. The van der Waals surface area contributed by atoms with Crippen molar-refractivity contribution in [3.63, 3.8) is 0 Å². The molecule has 0 aliphatic rings. The van der Waals surface area contributed by atoms with Crippen molar-refractivity contribution in [1.29, 1.82) is 5.26 Å². The summed E-state index contributed by atoms with van der Waals surface area (Å²) in [6.45, 7) is 2.03. The third-order valence-electron chi connectivity index (χ3n) is 2.22. The quantitative estimate of drug-likeness (QED) is 0.655. The van der Waals surface area contributed by atoms with Crippen LogP contribution in [0.4, 0.5) is 4.39 Å².